The number of nitrogens with two attached hydrogens (primary N) is 1. The SMILES string of the molecule is Cc1cnccc1-n1ncc2ccc(N)cc21. The average Bonchev–Trinajstić information content (AvgIpc) is 2.72. The van der Waals surface area contributed by atoms with Gasteiger partial charge in [-0.05, 0) is 36.8 Å². The zero-order valence-electron chi connectivity index (χ0n) is 9.46. The number of nitrogens with zero attached hydrogens (tertiary/aromatic N) is 3. The van der Waals surface area contributed by atoms with Gasteiger partial charge in [0.15, 0.2) is 0 Å². The second-order valence-electron chi connectivity index (χ2n) is 4.04. The molecule has 84 valence electrons. The Kier molecular flexibility index (Phi) is 2.08. The molecular weight excluding hydrogens is 212 g/mol. The van der Waals surface area contributed by atoms with Crippen LogP contribution in [0.2, 0.25) is 0 Å². The van der Waals surface area contributed by atoms with Crippen LogP contribution in [0.4, 0.5) is 5.69 Å². The number of hydrogen-bond acceptors (Lipinski definition) is 3. The summed E-state index contributed by atoms with van der Waals surface area (Å²) in [5, 5.41) is 5.48. The molecule has 2 aromatic heterocycles. The van der Waals surface area contributed by atoms with Crippen molar-refractivity contribution in [1.82, 2.24) is 14.8 Å². The van der Waals surface area contributed by atoms with Gasteiger partial charge in [-0.1, -0.05) is 0 Å². The monoisotopic (exact) mass is 224 g/mol. The standard InChI is InChI=1S/C13H12N4/c1-9-7-15-5-4-12(9)17-13-6-11(14)3-2-10(13)8-16-17/h2-8H,14H2,1H3. The fourth-order valence-corrected chi connectivity index (χ4v) is 1.93. The van der Waals surface area contributed by atoms with Crippen LogP contribution in [-0.4, -0.2) is 14.8 Å². The number of rotatable bonds is 1. The fraction of sp³-hybridized carbons (Fsp3) is 0.0769. The van der Waals surface area contributed by atoms with Gasteiger partial charge in [0.1, 0.15) is 0 Å². The second kappa shape index (κ2) is 3.59. The summed E-state index contributed by atoms with van der Waals surface area (Å²) in [4.78, 5) is 4.09. The minimum absolute atomic E-state index is 0.742. The van der Waals surface area contributed by atoms with E-state index >= 15 is 0 Å². The van der Waals surface area contributed by atoms with Crippen LogP contribution >= 0.6 is 0 Å². The number of pyridine rings is 1. The van der Waals surface area contributed by atoms with Gasteiger partial charge in [0.2, 0.25) is 0 Å². The Bertz CT molecular complexity index is 685. The second-order valence-corrected chi connectivity index (χ2v) is 4.04. The molecule has 0 bridgehead atoms. The molecule has 0 amide bonds. The van der Waals surface area contributed by atoms with Crippen molar-refractivity contribution in [2.24, 2.45) is 0 Å². The third kappa shape index (κ3) is 1.54. The normalized spacial score (nSPS) is 10.9. The molecule has 2 N–H and O–H groups in total. The Morgan fingerprint density at radius 2 is 2.06 bits per heavy atom. The van der Waals surface area contributed by atoms with Crippen LogP contribution in [0.3, 0.4) is 0 Å². The van der Waals surface area contributed by atoms with Crippen LogP contribution in [0.1, 0.15) is 5.56 Å². The summed E-state index contributed by atoms with van der Waals surface area (Å²) in [5.74, 6) is 0. The van der Waals surface area contributed by atoms with Crippen molar-refractivity contribution in [3.05, 3.63) is 48.4 Å². The maximum atomic E-state index is 5.81. The van der Waals surface area contributed by atoms with Crippen LogP contribution in [0.25, 0.3) is 16.6 Å². The Balaban J connectivity index is 2.31. The summed E-state index contributed by atoms with van der Waals surface area (Å²) in [6.45, 7) is 2.02. The van der Waals surface area contributed by atoms with Gasteiger partial charge in [-0.2, -0.15) is 5.10 Å². The van der Waals surface area contributed by atoms with Gasteiger partial charge in [-0.15, -0.1) is 0 Å². The van der Waals surface area contributed by atoms with E-state index in [1.807, 2.05) is 48.3 Å². The summed E-state index contributed by atoms with van der Waals surface area (Å²) in [5.41, 5.74) is 9.68. The topological polar surface area (TPSA) is 56.7 Å². The van der Waals surface area contributed by atoms with Gasteiger partial charge in [0, 0.05) is 23.5 Å². The molecule has 4 nitrogen and oxygen atoms in total. The first kappa shape index (κ1) is 9.84. The fourth-order valence-electron chi connectivity index (χ4n) is 1.93. The molecule has 0 fully saturated rings. The van der Waals surface area contributed by atoms with Crippen molar-refractivity contribution in [2.45, 2.75) is 6.92 Å². The van der Waals surface area contributed by atoms with Crippen molar-refractivity contribution in [3.8, 4) is 5.69 Å². The summed E-state index contributed by atoms with van der Waals surface area (Å²) in [6.07, 6.45) is 5.44. The zero-order valence-corrected chi connectivity index (χ0v) is 9.46. The number of anilines is 1. The number of fused-ring (bicyclic) bond motifs is 1. The molecule has 0 spiro atoms. The molecule has 0 aliphatic heterocycles. The van der Waals surface area contributed by atoms with Crippen molar-refractivity contribution in [1.29, 1.82) is 0 Å². The van der Waals surface area contributed by atoms with Gasteiger partial charge < -0.3 is 5.73 Å². The summed E-state index contributed by atoms with van der Waals surface area (Å²) >= 11 is 0. The van der Waals surface area contributed by atoms with Crippen molar-refractivity contribution in [2.75, 3.05) is 5.73 Å². The molecule has 0 aliphatic rings. The lowest BCUT2D eigenvalue weighted by molar-refractivity contribution is 0.898. The maximum Gasteiger partial charge on any atom is 0.0761 e. The highest BCUT2D eigenvalue weighted by Gasteiger charge is 2.07. The van der Waals surface area contributed by atoms with Gasteiger partial charge in [0.25, 0.3) is 0 Å². The molecule has 0 aliphatic carbocycles. The van der Waals surface area contributed by atoms with E-state index in [1.54, 1.807) is 6.20 Å². The minimum Gasteiger partial charge on any atom is -0.399 e. The Morgan fingerprint density at radius 3 is 2.88 bits per heavy atom. The van der Waals surface area contributed by atoms with E-state index in [9.17, 15) is 0 Å². The minimum atomic E-state index is 0.742. The summed E-state index contributed by atoms with van der Waals surface area (Å²) in [6, 6.07) is 7.74. The molecule has 2 heterocycles. The molecule has 0 unspecified atom stereocenters. The molecule has 0 radical (unpaired) electrons. The van der Waals surface area contributed by atoms with E-state index in [0.29, 0.717) is 0 Å². The molecule has 17 heavy (non-hydrogen) atoms. The first-order chi connectivity index (χ1) is 8.25. The molecule has 0 saturated carbocycles. The number of aromatic nitrogens is 3. The largest absolute Gasteiger partial charge is 0.399 e. The smallest absolute Gasteiger partial charge is 0.0761 e. The predicted octanol–water partition coefficient (Wildman–Crippen LogP) is 2.31. The molecule has 1 aromatic carbocycles. The molecule has 3 aromatic rings. The number of benzene rings is 1. The Hall–Kier alpha value is -2.36. The van der Waals surface area contributed by atoms with E-state index in [4.69, 9.17) is 5.73 Å². The van der Waals surface area contributed by atoms with E-state index in [-0.39, 0.29) is 0 Å². The van der Waals surface area contributed by atoms with Crippen molar-refractivity contribution < 1.29 is 0 Å². The molecule has 4 heteroatoms. The zero-order chi connectivity index (χ0) is 11.8. The highest BCUT2D eigenvalue weighted by molar-refractivity contribution is 5.83. The highest BCUT2D eigenvalue weighted by Crippen LogP contribution is 2.21. The Morgan fingerprint density at radius 1 is 1.18 bits per heavy atom. The third-order valence-corrected chi connectivity index (χ3v) is 2.81. The van der Waals surface area contributed by atoms with Gasteiger partial charge in [0.05, 0.1) is 17.4 Å². The number of hydrogen-bond donors (Lipinski definition) is 1. The third-order valence-electron chi connectivity index (χ3n) is 2.81. The van der Waals surface area contributed by atoms with Gasteiger partial charge in [-0.3, -0.25) is 4.98 Å². The van der Waals surface area contributed by atoms with E-state index < -0.39 is 0 Å². The predicted molar refractivity (Wildman–Crippen MR) is 68.0 cm³/mol. The van der Waals surface area contributed by atoms with Gasteiger partial charge in [-0.25, -0.2) is 4.68 Å². The Labute approximate surface area is 98.7 Å². The van der Waals surface area contributed by atoms with Crippen LogP contribution in [0, 0.1) is 6.92 Å². The lowest BCUT2D eigenvalue weighted by Crippen LogP contribution is -1.99. The van der Waals surface area contributed by atoms with E-state index in [2.05, 4.69) is 10.1 Å². The van der Waals surface area contributed by atoms with Crippen LogP contribution in [-0.2, 0) is 0 Å². The first-order valence-electron chi connectivity index (χ1n) is 5.40. The van der Waals surface area contributed by atoms with Crippen LogP contribution in [0.15, 0.2) is 42.9 Å². The van der Waals surface area contributed by atoms with Crippen LogP contribution < -0.4 is 5.73 Å². The number of nitrogen functional groups attached to an aromatic ring is 1. The summed E-state index contributed by atoms with van der Waals surface area (Å²) in [7, 11) is 0. The average molecular weight is 224 g/mol. The number of aryl methyl sites for hydroxylation is 1. The molecule has 0 atom stereocenters. The molecule has 3 rings (SSSR count). The highest BCUT2D eigenvalue weighted by atomic mass is 15.3. The quantitative estimate of drug-likeness (QED) is 0.645. The van der Waals surface area contributed by atoms with Crippen molar-refractivity contribution >= 4 is 16.6 Å². The lowest BCUT2D eigenvalue weighted by Gasteiger charge is -2.06. The molecular formula is C13H12N4. The first-order valence-corrected chi connectivity index (χ1v) is 5.40. The van der Waals surface area contributed by atoms with E-state index in [0.717, 1.165) is 27.8 Å². The van der Waals surface area contributed by atoms with E-state index in [1.165, 1.54) is 0 Å². The summed E-state index contributed by atoms with van der Waals surface area (Å²) < 4.78 is 1.89. The van der Waals surface area contributed by atoms with Crippen molar-refractivity contribution in [3.63, 3.8) is 0 Å². The van der Waals surface area contributed by atoms with Crippen LogP contribution in [0.5, 0.6) is 0 Å². The van der Waals surface area contributed by atoms with Gasteiger partial charge >= 0.3 is 0 Å². The molecule has 0 saturated heterocycles. The maximum absolute atomic E-state index is 5.81. The lowest BCUT2D eigenvalue weighted by atomic mass is 10.2.